The molecule has 1 heterocycles. The fourth-order valence-corrected chi connectivity index (χ4v) is 3.17. The Morgan fingerprint density at radius 1 is 1.26 bits per heavy atom. The Morgan fingerprint density at radius 2 is 1.95 bits per heavy atom. The van der Waals surface area contributed by atoms with Gasteiger partial charge in [0.25, 0.3) is 0 Å². The number of alkyl halides is 3. The highest BCUT2D eigenvalue weighted by Gasteiger charge is 2.30. The molecule has 0 bridgehead atoms. The number of rotatable bonds is 2. The Morgan fingerprint density at radius 3 is 2.58 bits per heavy atom. The zero-order chi connectivity index (χ0) is 13.9. The lowest BCUT2D eigenvalue weighted by Crippen LogP contribution is -2.23. The van der Waals surface area contributed by atoms with Crippen molar-refractivity contribution in [2.45, 2.75) is 24.8 Å². The molecule has 1 nitrogen and oxygen atoms in total. The number of thioether (sulfide) groups is 1. The van der Waals surface area contributed by atoms with E-state index in [1.165, 1.54) is 23.9 Å². The average molecular weight is 305 g/mol. The van der Waals surface area contributed by atoms with Crippen LogP contribution >= 0.6 is 24.0 Å². The summed E-state index contributed by atoms with van der Waals surface area (Å²) in [6.45, 7) is 1.93. The second kappa shape index (κ2) is 6.13. The number of nitrogens with zero attached hydrogens (tertiary/aromatic N) is 1. The molecule has 0 spiro atoms. The molecule has 1 aromatic carbocycles. The van der Waals surface area contributed by atoms with Crippen LogP contribution in [0.15, 0.2) is 24.3 Å². The van der Waals surface area contributed by atoms with Gasteiger partial charge in [0.1, 0.15) is 4.32 Å². The van der Waals surface area contributed by atoms with Crippen LogP contribution in [-0.2, 0) is 11.9 Å². The van der Waals surface area contributed by atoms with Gasteiger partial charge in [0.2, 0.25) is 0 Å². The van der Waals surface area contributed by atoms with Gasteiger partial charge >= 0.3 is 6.18 Å². The van der Waals surface area contributed by atoms with Crippen molar-refractivity contribution in [3.63, 3.8) is 0 Å². The Labute approximate surface area is 120 Å². The monoisotopic (exact) mass is 305 g/mol. The Hall–Kier alpha value is -0.750. The van der Waals surface area contributed by atoms with Crippen LogP contribution in [0.5, 0.6) is 0 Å². The van der Waals surface area contributed by atoms with Crippen LogP contribution in [0.3, 0.4) is 0 Å². The van der Waals surface area contributed by atoms with Gasteiger partial charge in [-0.1, -0.05) is 42.2 Å². The van der Waals surface area contributed by atoms with E-state index in [-0.39, 0.29) is 0 Å². The molecule has 0 N–H and O–H groups in total. The summed E-state index contributed by atoms with van der Waals surface area (Å²) in [5, 5.41) is 0. The minimum Gasteiger partial charge on any atom is -0.358 e. The van der Waals surface area contributed by atoms with Crippen LogP contribution in [0, 0.1) is 0 Å². The maximum Gasteiger partial charge on any atom is 0.416 e. The molecular formula is C13H14F3NS2. The van der Waals surface area contributed by atoms with Crippen LogP contribution in [0.2, 0.25) is 0 Å². The molecule has 0 radical (unpaired) electrons. The maximum absolute atomic E-state index is 12.6. The first-order valence-corrected chi connectivity index (χ1v) is 7.44. The largest absolute Gasteiger partial charge is 0.416 e. The van der Waals surface area contributed by atoms with Gasteiger partial charge in [-0.05, 0) is 24.5 Å². The van der Waals surface area contributed by atoms with E-state index < -0.39 is 11.7 Å². The van der Waals surface area contributed by atoms with E-state index in [0.717, 1.165) is 36.3 Å². The molecule has 1 fully saturated rings. The molecule has 1 aliphatic heterocycles. The molecule has 0 atom stereocenters. The fraction of sp³-hybridized carbons (Fsp3) is 0.462. The summed E-state index contributed by atoms with van der Waals surface area (Å²) in [6, 6.07) is 5.43. The van der Waals surface area contributed by atoms with Crippen molar-refractivity contribution in [3.05, 3.63) is 35.4 Å². The van der Waals surface area contributed by atoms with Gasteiger partial charge in [0.15, 0.2) is 0 Å². The lowest BCUT2D eigenvalue weighted by molar-refractivity contribution is -0.137. The highest BCUT2D eigenvalue weighted by atomic mass is 32.2. The van der Waals surface area contributed by atoms with Crippen molar-refractivity contribution in [3.8, 4) is 0 Å². The summed E-state index contributed by atoms with van der Waals surface area (Å²) < 4.78 is 38.5. The van der Waals surface area contributed by atoms with Crippen molar-refractivity contribution >= 4 is 28.3 Å². The second-order valence-corrected chi connectivity index (χ2v) is 6.06. The third-order valence-electron chi connectivity index (χ3n) is 2.98. The van der Waals surface area contributed by atoms with Gasteiger partial charge in [-0.25, -0.2) is 0 Å². The first-order valence-electron chi connectivity index (χ1n) is 6.04. The summed E-state index contributed by atoms with van der Waals surface area (Å²) in [7, 11) is 0. The number of benzene rings is 1. The molecule has 1 saturated heterocycles. The van der Waals surface area contributed by atoms with E-state index in [1.54, 1.807) is 6.07 Å². The molecule has 0 unspecified atom stereocenters. The Balaban J connectivity index is 1.94. The van der Waals surface area contributed by atoms with Crippen molar-refractivity contribution in [1.29, 1.82) is 0 Å². The van der Waals surface area contributed by atoms with Crippen molar-refractivity contribution in [2.75, 3.05) is 13.1 Å². The number of hydrogen-bond donors (Lipinski definition) is 0. The van der Waals surface area contributed by atoms with Crippen molar-refractivity contribution in [1.82, 2.24) is 4.90 Å². The van der Waals surface area contributed by atoms with E-state index in [1.807, 2.05) is 0 Å². The second-order valence-electron chi connectivity index (χ2n) is 4.45. The van der Waals surface area contributed by atoms with Crippen LogP contribution in [0.25, 0.3) is 0 Å². The van der Waals surface area contributed by atoms with E-state index in [0.29, 0.717) is 11.3 Å². The topological polar surface area (TPSA) is 3.24 Å². The van der Waals surface area contributed by atoms with E-state index >= 15 is 0 Å². The van der Waals surface area contributed by atoms with Crippen LogP contribution in [0.4, 0.5) is 13.2 Å². The Bertz CT molecular complexity index is 453. The molecule has 0 aromatic heterocycles. The highest BCUT2D eigenvalue weighted by Crippen LogP contribution is 2.30. The smallest absolute Gasteiger partial charge is 0.358 e. The number of halogens is 3. The molecule has 6 heteroatoms. The van der Waals surface area contributed by atoms with Crippen molar-refractivity contribution < 1.29 is 13.2 Å². The zero-order valence-electron chi connectivity index (χ0n) is 10.2. The number of hydrogen-bond acceptors (Lipinski definition) is 2. The summed E-state index contributed by atoms with van der Waals surface area (Å²) in [4.78, 5) is 2.12. The summed E-state index contributed by atoms with van der Waals surface area (Å²) in [5.74, 6) is 0.485. The highest BCUT2D eigenvalue weighted by molar-refractivity contribution is 8.22. The SMILES string of the molecule is FC(F)(F)c1cccc(CSC(=S)N2CCCC2)c1. The third-order valence-corrected chi connectivity index (χ3v) is 4.58. The van der Waals surface area contributed by atoms with Gasteiger partial charge in [0, 0.05) is 18.8 Å². The molecule has 0 saturated carbocycles. The predicted octanol–water partition coefficient (Wildman–Crippen LogP) is 4.32. The molecular weight excluding hydrogens is 291 g/mol. The summed E-state index contributed by atoms with van der Waals surface area (Å²) in [6.07, 6.45) is -2.00. The number of likely N-dealkylation sites (tertiary alicyclic amines) is 1. The quantitative estimate of drug-likeness (QED) is 0.749. The lowest BCUT2D eigenvalue weighted by atomic mass is 10.1. The fourth-order valence-electron chi connectivity index (χ4n) is 1.97. The first-order chi connectivity index (χ1) is 8.97. The summed E-state index contributed by atoms with van der Waals surface area (Å²) >= 11 is 6.72. The van der Waals surface area contributed by atoms with Crippen LogP contribution in [-0.4, -0.2) is 22.3 Å². The molecule has 1 aliphatic rings. The average Bonchev–Trinajstić information content (AvgIpc) is 2.89. The molecule has 19 heavy (non-hydrogen) atoms. The molecule has 0 aliphatic carbocycles. The predicted molar refractivity (Wildman–Crippen MR) is 76.1 cm³/mol. The minimum absolute atomic E-state index is 0.485. The van der Waals surface area contributed by atoms with E-state index in [4.69, 9.17) is 12.2 Å². The van der Waals surface area contributed by atoms with Gasteiger partial charge in [0.05, 0.1) is 5.56 Å². The summed E-state index contributed by atoms with van der Waals surface area (Å²) in [5.41, 5.74) is 0.0547. The molecule has 2 rings (SSSR count). The number of thiocarbonyl (C=S) groups is 1. The molecule has 0 amide bonds. The van der Waals surface area contributed by atoms with Gasteiger partial charge in [-0.3, -0.25) is 0 Å². The van der Waals surface area contributed by atoms with Gasteiger partial charge < -0.3 is 4.90 Å². The molecule has 1 aromatic rings. The van der Waals surface area contributed by atoms with Crippen LogP contribution in [0.1, 0.15) is 24.0 Å². The van der Waals surface area contributed by atoms with Gasteiger partial charge in [-0.2, -0.15) is 13.2 Å². The van der Waals surface area contributed by atoms with E-state index in [2.05, 4.69) is 4.90 Å². The zero-order valence-corrected chi connectivity index (χ0v) is 11.9. The first kappa shape index (κ1) is 14.7. The van der Waals surface area contributed by atoms with Crippen LogP contribution < -0.4 is 0 Å². The van der Waals surface area contributed by atoms with E-state index in [9.17, 15) is 13.2 Å². The van der Waals surface area contributed by atoms with Gasteiger partial charge in [-0.15, -0.1) is 0 Å². The van der Waals surface area contributed by atoms with Crippen molar-refractivity contribution in [2.24, 2.45) is 0 Å². The Kier molecular flexibility index (Phi) is 4.73. The lowest BCUT2D eigenvalue weighted by Gasteiger charge is -2.17. The maximum atomic E-state index is 12.6. The minimum atomic E-state index is -4.28. The molecule has 104 valence electrons. The standard InChI is InChI=1S/C13H14F3NS2/c14-13(15,16)11-5-3-4-10(8-11)9-19-12(18)17-6-1-2-7-17/h3-5,8H,1-2,6-7,9H2. The normalized spacial score (nSPS) is 15.8. The third kappa shape index (κ3) is 4.11.